The van der Waals surface area contributed by atoms with E-state index in [0.717, 1.165) is 25.1 Å². The minimum absolute atomic E-state index is 0.136. The lowest BCUT2D eigenvalue weighted by Gasteiger charge is -2.28. The van der Waals surface area contributed by atoms with Gasteiger partial charge in [-0.1, -0.05) is 23.3 Å². The van der Waals surface area contributed by atoms with Crippen LogP contribution in [0.2, 0.25) is 0 Å². The predicted octanol–water partition coefficient (Wildman–Crippen LogP) is 3.18. The molecule has 2 saturated heterocycles. The van der Waals surface area contributed by atoms with Crippen LogP contribution in [-0.2, 0) is 4.74 Å². The van der Waals surface area contributed by atoms with E-state index >= 15 is 0 Å². The van der Waals surface area contributed by atoms with Crippen molar-refractivity contribution in [1.29, 1.82) is 0 Å². The predicted molar refractivity (Wildman–Crippen MR) is 96.8 cm³/mol. The Bertz CT molecular complexity index is 784. The molecule has 0 saturated carbocycles. The van der Waals surface area contributed by atoms with E-state index in [1.165, 1.54) is 0 Å². The van der Waals surface area contributed by atoms with Crippen molar-refractivity contribution in [2.45, 2.75) is 38.8 Å². The van der Waals surface area contributed by atoms with Crippen LogP contribution in [0.5, 0.6) is 0 Å². The summed E-state index contributed by atoms with van der Waals surface area (Å²) in [6.45, 7) is 7.94. The quantitative estimate of drug-likeness (QED) is 0.823. The molecule has 7 nitrogen and oxygen atoms in total. The number of likely N-dealkylation sites (tertiary alicyclic amines) is 1. The molecule has 0 radical (unpaired) electrons. The highest BCUT2D eigenvalue weighted by molar-refractivity contribution is 5.69. The molecule has 7 heteroatoms. The van der Waals surface area contributed by atoms with Crippen molar-refractivity contribution in [2.75, 3.05) is 24.5 Å². The number of carbonyl (C=O) groups excluding carboxylic acids is 1. The van der Waals surface area contributed by atoms with Crippen molar-refractivity contribution in [3.8, 4) is 11.5 Å². The van der Waals surface area contributed by atoms with Crippen LogP contribution in [0.1, 0.15) is 27.2 Å². The number of ether oxygens (including phenoxy) is 1. The van der Waals surface area contributed by atoms with Crippen LogP contribution in [0.15, 0.2) is 34.7 Å². The van der Waals surface area contributed by atoms with Gasteiger partial charge < -0.3 is 19.0 Å². The first-order chi connectivity index (χ1) is 12.4. The second kappa shape index (κ2) is 6.30. The maximum Gasteiger partial charge on any atom is 0.410 e. The van der Waals surface area contributed by atoms with Crippen molar-refractivity contribution < 1.29 is 13.9 Å². The number of hydrogen-bond acceptors (Lipinski definition) is 6. The fraction of sp³-hybridized carbons (Fsp3) is 0.526. The van der Waals surface area contributed by atoms with Gasteiger partial charge in [-0.2, -0.15) is 0 Å². The highest BCUT2D eigenvalue weighted by atomic mass is 16.6. The Kier molecular flexibility index (Phi) is 4.09. The lowest BCUT2D eigenvalue weighted by Crippen LogP contribution is -2.42. The third-order valence-corrected chi connectivity index (χ3v) is 4.88. The topological polar surface area (TPSA) is 71.7 Å². The highest BCUT2D eigenvalue weighted by Gasteiger charge is 2.45. The molecule has 1 aromatic carbocycles. The zero-order valence-electron chi connectivity index (χ0n) is 15.4. The van der Waals surface area contributed by atoms with E-state index in [9.17, 15) is 4.79 Å². The fourth-order valence-corrected chi connectivity index (χ4v) is 3.71. The molecule has 2 aliphatic heterocycles. The van der Waals surface area contributed by atoms with Gasteiger partial charge in [0.15, 0.2) is 0 Å². The van der Waals surface area contributed by atoms with Gasteiger partial charge in [0, 0.05) is 31.1 Å². The number of aromatic nitrogens is 2. The fourth-order valence-electron chi connectivity index (χ4n) is 3.71. The summed E-state index contributed by atoms with van der Waals surface area (Å²) in [7, 11) is 0. The van der Waals surface area contributed by atoms with Crippen molar-refractivity contribution >= 4 is 12.1 Å². The van der Waals surface area contributed by atoms with Gasteiger partial charge in [-0.3, -0.25) is 0 Å². The minimum Gasteiger partial charge on any atom is -0.444 e. The number of benzene rings is 1. The average Bonchev–Trinajstić information content (AvgIpc) is 3.28. The van der Waals surface area contributed by atoms with Crippen LogP contribution in [0.25, 0.3) is 11.5 Å². The van der Waals surface area contributed by atoms with Crippen LogP contribution in [0.4, 0.5) is 10.8 Å². The molecule has 0 spiro atoms. The van der Waals surface area contributed by atoms with Gasteiger partial charge in [0.2, 0.25) is 5.89 Å². The molecule has 3 heterocycles. The maximum absolute atomic E-state index is 12.5. The summed E-state index contributed by atoms with van der Waals surface area (Å²) in [6, 6.07) is 10.4. The van der Waals surface area contributed by atoms with Gasteiger partial charge in [0.1, 0.15) is 5.60 Å². The third kappa shape index (κ3) is 3.25. The molecule has 2 aromatic rings. The van der Waals surface area contributed by atoms with Crippen molar-refractivity contribution in [3.05, 3.63) is 30.3 Å². The molecular weight excluding hydrogens is 332 g/mol. The minimum atomic E-state index is -0.482. The number of rotatable bonds is 2. The molecule has 0 N–H and O–H groups in total. The molecule has 1 aromatic heterocycles. The van der Waals surface area contributed by atoms with Gasteiger partial charge in [-0.05, 0) is 39.3 Å². The SMILES string of the molecule is CC(C)(C)OC(=O)N1CC[C@@H]2CN(c3nnc(-c4ccccc4)o3)C[C@@H]21. The molecule has 0 bridgehead atoms. The first kappa shape index (κ1) is 16.9. The summed E-state index contributed by atoms with van der Waals surface area (Å²) in [5.41, 5.74) is 0.422. The third-order valence-electron chi connectivity index (χ3n) is 4.88. The smallest absolute Gasteiger partial charge is 0.410 e. The van der Waals surface area contributed by atoms with Gasteiger partial charge in [-0.15, -0.1) is 5.10 Å². The number of nitrogens with zero attached hydrogens (tertiary/aromatic N) is 4. The Hall–Kier alpha value is -2.57. The second-order valence-electron chi connectivity index (χ2n) is 7.95. The highest BCUT2D eigenvalue weighted by Crippen LogP contribution is 2.35. The van der Waals surface area contributed by atoms with E-state index in [1.807, 2.05) is 56.0 Å². The van der Waals surface area contributed by atoms with Crippen LogP contribution >= 0.6 is 0 Å². The summed E-state index contributed by atoms with van der Waals surface area (Å²) in [5.74, 6) is 0.927. The lowest BCUT2D eigenvalue weighted by molar-refractivity contribution is 0.0229. The Balaban J connectivity index is 1.46. The van der Waals surface area contributed by atoms with E-state index in [4.69, 9.17) is 9.15 Å². The first-order valence-corrected chi connectivity index (χ1v) is 9.04. The summed E-state index contributed by atoms with van der Waals surface area (Å²) in [5, 5.41) is 8.37. The zero-order chi connectivity index (χ0) is 18.3. The van der Waals surface area contributed by atoms with Gasteiger partial charge in [-0.25, -0.2) is 4.79 Å². The summed E-state index contributed by atoms with van der Waals surface area (Å²) >= 11 is 0. The van der Waals surface area contributed by atoms with Gasteiger partial charge in [0.25, 0.3) is 0 Å². The standard InChI is InChI=1S/C19H24N4O3/c1-19(2,3)26-18(24)23-10-9-14-11-22(12-15(14)23)17-21-20-16(25-17)13-7-5-4-6-8-13/h4-8,14-15H,9-12H2,1-3H3/t14-,15+/m1/s1. The van der Waals surface area contributed by atoms with Crippen LogP contribution < -0.4 is 4.90 Å². The Morgan fingerprint density at radius 1 is 1.19 bits per heavy atom. The number of amides is 1. The Morgan fingerprint density at radius 3 is 2.69 bits per heavy atom. The number of carbonyl (C=O) groups is 1. The first-order valence-electron chi connectivity index (χ1n) is 9.04. The molecule has 2 atom stereocenters. The van der Waals surface area contributed by atoms with E-state index < -0.39 is 5.60 Å². The average molecular weight is 356 g/mol. The molecule has 0 unspecified atom stereocenters. The second-order valence-corrected chi connectivity index (χ2v) is 7.95. The maximum atomic E-state index is 12.5. The van der Waals surface area contributed by atoms with E-state index in [1.54, 1.807) is 0 Å². The molecule has 4 rings (SSSR count). The van der Waals surface area contributed by atoms with Gasteiger partial charge >= 0.3 is 12.1 Å². The molecule has 2 fully saturated rings. The molecular formula is C19H24N4O3. The van der Waals surface area contributed by atoms with E-state index in [-0.39, 0.29) is 12.1 Å². The van der Waals surface area contributed by atoms with Crippen LogP contribution in [0, 0.1) is 5.92 Å². The normalized spacial score (nSPS) is 22.6. The monoisotopic (exact) mass is 356 g/mol. The summed E-state index contributed by atoms with van der Waals surface area (Å²) in [4.78, 5) is 16.4. The number of anilines is 1. The Morgan fingerprint density at radius 2 is 1.96 bits per heavy atom. The summed E-state index contributed by atoms with van der Waals surface area (Å²) < 4.78 is 11.4. The van der Waals surface area contributed by atoms with E-state index in [0.29, 0.717) is 24.4 Å². The molecule has 26 heavy (non-hydrogen) atoms. The van der Waals surface area contributed by atoms with Crippen LogP contribution in [-0.4, -0.2) is 52.5 Å². The van der Waals surface area contributed by atoms with Crippen molar-refractivity contribution in [1.82, 2.24) is 15.1 Å². The molecule has 2 aliphatic rings. The largest absolute Gasteiger partial charge is 0.444 e. The molecule has 0 aliphatic carbocycles. The summed E-state index contributed by atoms with van der Waals surface area (Å²) in [6.07, 6.45) is 0.738. The van der Waals surface area contributed by atoms with Crippen molar-refractivity contribution in [2.24, 2.45) is 5.92 Å². The van der Waals surface area contributed by atoms with Crippen molar-refractivity contribution in [3.63, 3.8) is 0 Å². The van der Waals surface area contributed by atoms with Gasteiger partial charge in [0.05, 0.1) is 6.04 Å². The van der Waals surface area contributed by atoms with E-state index in [2.05, 4.69) is 15.1 Å². The Labute approximate surface area is 152 Å². The number of fused-ring (bicyclic) bond motifs is 1. The number of hydrogen-bond donors (Lipinski definition) is 0. The van der Waals surface area contributed by atoms with Crippen LogP contribution in [0.3, 0.4) is 0 Å². The molecule has 1 amide bonds. The molecule has 138 valence electrons. The lowest BCUT2D eigenvalue weighted by atomic mass is 10.1. The zero-order valence-corrected chi connectivity index (χ0v) is 15.4.